The number of aliphatic hydroxyl groups excluding tert-OH is 3. The molecule has 5 fully saturated rings. The van der Waals surface area contributed by atoms with Gasteiger partial charge in [-0.2, -0.15) is 0 Å². The van der Waals surface area contributed by atoms with Crippen LogP contribution in [0.4, 0.5) is 0 Å². The fraction of sp³-hybridized carbons (Fsp3) is 0.889. The van der Waals surface area contributed by atoms with Gasteiger partial charge in [-0.25, -0.2) is 4.79 Å². The molecule has 0 spiro atoms. The molecular weight excluding hydrogens is 576 g/mol. The van der Waals surface area contributed by atoms with Crippen LogP contribution in [0.3, 0.4) is 0 Å². The van der Waals surface area contributed by atoms with Crippen LogP contribution in [0.25, 0.3) is 0 Å². The molecule has 5 aliphatic carbocycles. The van der Waals surface area contributed by atoms with Crippen LogP contribution in [0.15, 0.2) is 11.6 Å². The highest BCUT2D eigenvalue weighted by molar-refractivity contribution is 5.76. The third-order valence-electron chi connectivity index (χ3n) is 15.1. The highest BCUT2D eigenvalue weighted by atomic mass is 16.7. The molecule has 9 heteroatoms. The first-order valence-corrected chi connectivity index (χ1v) is 17.3. The van der Waals surface area contributed by atoms with Crippen molar-refractivity contribution in [3.05, 3.63) is 11.6 Å². The fourth-order valence-electron chi connectivity index (χ4n) is 12.2. The molecule has 1 heterocycles. The second-order valence-electron chi connectivity index (χ2n) is 17.9. The van der Waals surface area contributed by atoms with E-state index in [1.165, 1.54) is 5.57 Å². The molecule has 0 aromatic rings. The highest BCUT2D eigenvalue weighted by Gasteiger charge is 2.69. The van der Waals surface area contributed by atoms with Gasteiger partial charge in [0.1, 0.15) is 18.3 Å². The number of rotatable bonds is 4. The van der Waals surface area contributed by atoms with Gasteiger partial charge in [0.2, 0.25) is 0 Å². The lowest BCUT2D eigenvalue weighted by Gasteiger charge is -2.71. The summed E-state index contributed by atoms with van der Waals surface area (Å²) in [4.78, 5) is 24.6. The van der Waals surface area contributed by atoms with Crippen molar-refractivity contribution in [2.75, 3.05) is 0 Å². The Morgan fingerprint density at radius 1 is 0.822 bits per heavy atom. The maximum atomic E-state index is 12.9. The van der Waals surface area contributed by atoms with Crippen molar-refractivity contribution < 1.29 is 44.6 Å². The lowest BCUT2D eigenvalue weighted by Crippen LogP contribution is -2.66. The van der Waals surface area contributed by atoms with E-state index in [0.29, 0.717) is 18.3 Å². The van der Waals surface area contributed by atoms with E-state index in [4.69, 9.17) is 9.47 Å². The minimum Gasteiger partial charge on any atom is -0.481 e. The van der Waals surface area contributed by atoms with Crippen LogP contribution in [-0.4, -0.2) is 74.3 Å². The maximum Gasteiger partial charge on any atom is 0.335 e. The largest absolute Gasteiger partial charge is 0.481 e. The molecular formula is C36H56O9. The number of hydrogen-bond acceptors (Lipinski definition) is 7. The molecule has 0 amide bonds. The molecule has 254 valence electrons. The number of hydrogen-bond donors (Lipinski definition) is 5. The van der Waals surface area contributed by atoms with Crippen molar-refractivity contribution in [1.29, 1.82) is 0 Å². The number of carboxylic acid groups (broad SMARTS) is 2. The first-order chi connectivity index (χ1) is 20.7. The molecule has 5 N–H and O–H groups in total. The van der Waals surface area contributed by atoms with E-state index in [2.05, 4.69) is 54.5 Å². The number of aliphatic carboxylic acids is 2. The van der Waals surface area contributed by atoms with E-state index < -0.39 is 48.1 Å². The van der Waals surface area contributed by atoms with E-state index >= 15 is 0 Å². The van der Waals surface area contributed by atoms with Gasteiger partial charge in [0.15, 0.2) is 12.4 Å². The summed E-state index contributed by atoms with van der Waals surface area (Å²) in [7, 11) is 0. The zero-order valence-corrected chi connectivity index (χ0v) is 28.2. The summed E-state index contributed by atoms with van der Waals surface area (Å²) < 4.78 is 11.9. The van der Waals surface area contributed by atoms with E-state index in [9.17, 15) is 35.1 Å². The minimum atomic E-state index is -1.75. The molecule has 9 nitrogen and oxygen atoms in total. The van der Waals surface area contributed by atoms with Crippen molar-refractivity contribution in [3.63, 3.8) is 0 Å². The quantitative estimate of drug-likeness (QED) is 0.209. The molecule has 45 heavy (non-hydrogen) atoms. The number of carbonyl (C=O) groups is 2. The van der Waals surface area contributed by atoms with Crippen LogP contribution in [0.5, 0.6) is 0 Å². The monoisotopic (exact) mass is 632 g/mol. The summed E-state index contributed by atoms with van der Waals surface area (Å²) in [6.45, 7) is 16.4. The predicted octanol–water partition coefficient (Wildman–Crippen LogP) is 5.15. The molecule has 6 aliphatic rings. The summed E-state index contributed by atoms with van der Waals surface area (Å²) in [6.07, 6.45) is 2.94. The van der Waals surface area contributed by atoms with E-state index in [1.807, 2.05) is 0 Å². The number of ether oxygens (including phenoxy) is 2. The van der Waals surface area contributed by atoms with Crippen LogP contribution < -0.4 is 0 Å². The normalized spacial score (nSPS) is 51.9. The van der Waals surface area contributed by atoms with Gasteiger partial charge < -0.3 is 35.0 Å². The first-order valence-electron chi connectivity index (χ1n) is 17.3. The molecule has 13 atom stereocenters. The summed E-state index contributed by atoms with van der Waals surface area (Å²) in [5, 5.41) is 51.4. The molecule has 1 aliphatic heterocycles. The van der Waals surface area contributed by atoms with Crippen molar-refractivity contribution in [3.8, 4) is 0 Å². The third-order valence-corrected chi connectivity index (χ3v) is 15.1. The molecule has 0 aromatic heterocycles. The Morgan fingerprint density at radius 3 is 2.13 bits per heavy atom. The van der Waals surface area contributed by atoms with E-state index in [0.717, 1.165) is 57.8 Å². The zero-order chi connectivity index (χ0) is 33.1. The molecule has 1 saturated heterocycles. The Labute approximate surface area is 267 Å². The molecule has 3 unspecified atom stereocenters. The third kappa shape index (κ3) is 4.57. The van der Waals surface area contributed by atoms with Crippen molar-refractivity contribution in [1.82, 2.24) is 0 Å². The Kier molecular flexibility index (Phi) is 7.78. The van der Waals surface area contributed by atoms with Gasteiger partial charge in [0, 0.05) is 0 Å². The Bertz CT molecular complexity index is 1260. The molecule has 0 radical (unpaired) electrons. The Balaban J connectivity index is 1.29. The maximum absolute atomic E-state index is 12.9. The Morgan fingerprint density at radius 2 is 1.49 bits per heavy atom. The van der Waals surface area contributed by atoms with Gasteiger partial charge in [-0.05, 0) is 109 Å². The smallest absolute Gasteiger partial charge is 0.335 e. The van der Waals surface area contributed by atoms with E-state index in [-0.39, 0.29) is 39.1 Å². The molecule has 0 bridgehead atoms. The van der Waals surface area contributed by atoms with Gasteiger partial charge >= 0.3 is 11.9 Å². The van der Waals surface area contributed by atoms with Crippen LogP contribution in [0.1, 0.15) is 113 Å². The minimum absolute atomic E-state index is 0.0000841. The second kappa shape index (κ2) is 10.5. The van der Waals surface area contributed by atoms with Gasteiger partial charge in [-0.15, -0.1) is 0 Å². The van der Waals surface area contributed by atoms with Crippen LogP contribution in [0, 0.1) is 50.2 Å². The van der Waals surface area contributed by atoms with Crippen molar-refractivity contribution >= 4 is 11.9 Å². The average Bonchev–Trinajstić information content (AvgIpc) is 2.94. The molecule has 4 saturated carbocycles. The SMILES string of the molecule is CC1(C)CC[C@]2(C(=O)O)CC[C@]3(C)C(=CCC4[C@@]5(C)CC[C@H](O[C@@H]6O[C@H](C(=O)O)[C@@H](O)[C@H](O)[C@H]6O)C(C)(C)C5CC[C@]43C)C2C1. The first kappa shape index (κ1) is 33.4. The number of aliphatic hydroxyl groups is 3. The van der Waals surface area contributed by atoms with Gasteiger partial charge in [-0.1, -0.05) is 60.1 Å². The number of carboxylic acids is 2. The highest BCUT2D eigenvalue weighted by Crippen LogP contribution is 2.76. The van der Waals surface area contributed by atoms with E-state index in [1.54, 1.807) is 0 Å². The zero-order valence-electron chi connectivity index (χ0n) is 28.2. The lowest BCUT2D eigenvalue weighted by atomic mass is 9.33. The average molecular weight is 633 g/mol. The van der Waals surface area contributed by atoms with Gasteiger partial charge in [0.25, 0.3) is 0 Å². The summed E-state index contributed by atoms with van der Waals surface area (Å²) >= 11 is 0. The summed E-state index contributed by atoms with van der Waals surface area (Å²) in [5.41, 5.74) is 0.508. The summed E-state index contributed by atoms with van der Waals surface area (Å²) in [6, 6.07) is 0. The van der Waals surface area contributed by atoms with Crippen molar-refractivity contribution in [2.45, 2.75) is 149 Å². The summed E-state index contributed by atoms with van der Waals surface area (Å²) in [5.74, 6) is -1.24. The Hall–Kier alpha value is -1.52. The lowest BCUT2D eigenvalue weighted by molar-refractivity contribution is -0.324. The number of allylic oxidation sites excluding steroid dienone is 2. The second-order valence-corrected chi connectivity index (χ2v) is 17.9. The standard InChI is InChI=1S/C36H56O9/c1-31(2)14-16-36(30(42)43)17-15-34(6)19(20(36)18-31)8-9-22-33(5)12-11-23(32(3,4)21(33)10-13-35(22,34)7)44-29-26(39)24(37)25(38)27(45-29)28(40)41/h8,20-27,29,37-39H,9-18H2,1-7H3,(H,40,41)(H,42,43)/t20?,21?,22?,23-,24-,25-,26+,27-,29+,33-,34+,35+,36-/m0/s1. The molecule has 0 aromatic carbocycles. The van der Waals surface area contributed by atoms with Crippen LogP contribution in [0.2, 0.25) is 0 Å². The predicted molar refractivity (Wildman–Crippen MR) is 166 cm³/mol. The van der Waals surface area contributed by atoms with Crippen molar-refractivity contribution in [2.24, 2.45) is 50.2 Å². The molecule has 6 rings (SSSR count). The fourth-order valence-corrected chi connectivity index (χ4v) is 12.2. The van der Waals surface area contributed by atoms with Crippen LogP contribution >= 0.6 is 0 Å². The van der Waals surface area contributed by atoms with Crippen LogP contribution in [-0.2, 0) is 19.1 Å². The number of fused-ring (bicyclic) bond motifs is 7. The topological polar surface area (TPSA) is 154 Å². The van der Waals surface area contributed by atoms with Gasteiger partial charge in [-0.3, -0.25) is 4.79 Å². The van der Waals surface area contributed by atoms with Gasteiger partial charge in [0.05, 0.1) is 11.5 Å².